The van der Waals surface area contributed by atoms with Gasteiger partial charge in [-0.3, -0.25) is 4.72 Å². The molecule has 6 heteroatoms. The van der Waals surface area contributed by atoms with Crippen molar-refractivity contribution in [1.82, 2.24) is 0 Å². The Labute approximate surface area is 153 Å². The molecule has 3 rings (SSSR count). The molecule has 0 bridgehead atoms. The van der Waals surface area contributed by atoms with Crippen molar-refractivity contribution in [3.63, 3.8) is 0 Å². The van der Waals surface area contributed by atoms with E-state index in [-0.39, 0.29) is 4.90 Å². The predicted octanol–water partition coefficient (Wildman–Crippen LogP) is 4.55. The van der Waals surface area contributed by atoms with Crippen molar-refractivity contribution in [3.8, 4) is 5.75 Å². The molecule has 0 atom stereocenters. The summed E-state index contributed by atoms with van der Waals surface area (Å²) in [5.41, 5.74) is 3.29. The molecule has 0 heterocycles. The van der Waals surface area contributed by atoms with Gasteiger partial charge in [0.2, 0.25) is 0 Å². The molecule has 0 fully saturated rings. The maximum Gasteiger partial charge on any atom is 0.261 e. The van der Waals surface area contributed by atoms with Gasteiger partial charge in [0, 0.05) is 17.1 Å². The standard InChI is InChI=1S/C20H20N2O3S/c1-15-3-13-20(14-4-15)26(23,24)22-18-7-5-16(6-8-18)21-17-9-11-19(25-2)12-10-17/h3-14,21-22H,1-2H3. The van der Waals surface area contributed by atoms with Crippen LogP contribution in [0, 0.1) is 6.92 Å². The number of hydrogen-bond acceptors (Lipinski definition) is 4. The van der Waals surface area contributed by atoms with Gasteiger partial charge in [-0.05, 0) is 67.6 Å². The smallest absolute Gasteiger partial charge is 0.261 e. The summed E-state index contributed by atoms with van der Waals surface area (Å²) in [6.45, 7) is 1.92. The number of aryl methyl sites for hydroxylation is 1. The molecule has 0 saturated heterocycles. The molecule has 0 aliphatic carbocycles. The Hall–Kier alpha value is -2.99. The van der Waals surface area contributed by atoms with Crippen molar-refractivity contribution in [2.45, 2.75) is 11.8 Å². The van der Waals surface area contributed by atoms with E-state index >= 15 is 0 Å². The molecule has 3 aromatic carbocycles. The summed E-state index contributed by atoms with van der Waals surface area (Å²) in [4.78, 5) is 0.239. The third-order valence-corrected chi connectivity index (χ3v) is 5.24. The van der Waals surface area contributed by atoms with Gasteiger partial charge in [0.15, 0.2) is 0 Å². The fourth-order valence-corrected chi connectivity index (χ4v) is 3.45. The fourth-order valence-electron chi connectivity index (χ4n) is 2.39. The van der Waals surface area contributed by atoms with Gasteiger partial charge in [-0.1, -0.05) is 17.7 Å². The van der Waals surface area contributed by atoms with E-state index in [1.54, 1.807) is 43.5 Å². The number of anilines is 3. The first kappa shape index (κ1) is 17.8. The summed E-state index contributed by atoms with van der Waals surface area (Å²) < 4.78 is 32.5. The first-order chi connectivity index (χ1) is 12.5. The number of methoxy groups -OCH3 is 1. The lowest BCUT2D eigenvalue weighted by molar-refractivity contribution is 0.415. The molecule has 0 unspecified atom stereocenters. The van der Waals surface area contributed by atoms with Gasteiger partial charge in [0.05, 0.1) is 12.0 Å². The van der Waals surface area contributed by atoms with Crippen molar-refractivity contribution in [2.75, 3.05) is 17.1 Å². The topological polar surface area (TPSA) is 67.4 Å². The minimum absolute atomic E-state index is 0.239. The van der Waals surface area contributed by atoms with E-state index in [1.165, 1.54) is 0 Å². The monoisotopic (exact) mass is 368 g/mol. The minimum atomic E-state index is -3.59. The predicted molar refractivity (Wildman–Crippen MR) is 105 cm³/mol. The summed E-state index contributed by atoms with van der Waals surface area (Å²) in [5.74, 6) is 0.788. The lowest BCUT2D eigenvalue weighted by Crippen LogP contribution is -2.12. The highest BCUT2D eigenvalue weighted by molar-refractivity contribution is 7.92. The Kier molecular flexibility index (Phi) is 5.14. The summed E-state index contributed by atoms with van der Waals surface area (Å²) in [6.07, 6.45) is 0. The molecule has 0 saturated carbocycles. The average Bonchev–Trinajstić information content (AvgIpc) is 2.64. The first-order valence-electron chi connectivity index (χ1n) is 8.07. The highest BCUT2D eigenvalue weighted by atomic mass is 32.2. The molecular formula is C20H20N2O3S. The van der Waals surface area contributed by atoms with E-state index in [9.17, 15) is 8.42 Å². The Morgan fingerprint density at radius 3 is 1.77 bits per heavy atom. The summed E-state index contributed by atoms with van der Waals surface area (Å²) in [5, 5.41) is 3.25. The maximum absolute atomic E-state index is 12.4. The molecule has 0 spiro atoms. The zero-order valence-corrected chi connectivity index (χ0v) is 15.4. The molecule has 26 heavy (non-hydrogen) atoms. The highest BCUT2D eigenvalue weighted by Crippen LogP contribution is 2.22. The van der Waals surface area contributed by atoms with Crippen molar-refractivity contribution in [3.05, 3.63) is 78.4 Å². The SMILES string of the molecule is COc1ccc(Nc2ccc(NS(=O)(=O)c3ccc(C)cc3)cc2)cc1. The molecule has 3 aromatic rings. The van der Waals surface area contributed by atoms with Crippen LogP contribution in [0.3, 0.4) is 0 Å². The second kappa shape index (κ2) is 7.49. The van der Waals surface area contributed by atoms with Crippen LogP contribution in [0.4, 0.5) is 17.1 Å². The van der Waals surface area contributed by atoms with Crippen LogP contribution in [0.15, 0.2) is 77.7 Å². The fraction of sp³-hybridized carbons (Fsp3) is 0.100. The zero-order valence-electron chi connectivity index (χ0n) is 14.6. The molecule has 0 aliphatic rings. The molecule has 0 amide bonds. The van der Waals surface area contributed by atoms with E-state index in [2.05, 4.69) is 10.0 Å². The number of nitrogens with one attached hydrogen (secondary N) is 2. The average molecular weight is 368 g/mol. The maximum atomic E-state index is 12.4. The first-order valence-corrected chi connectivity index (χ1v) is 9.55. The van der Waals surface area contributed by atoms with Crippen LogP contribution >= 0.6 is 0 Å². The van der Waals surface area contributed by atoms with Gasteiger partial charge in [-0.15, -0.1) is 0 Å². The van der Waals surface area contributed by atoms with E-state index in [0.717, 1.165) is 22.7 Å². The van der Waals surface area contributed by atoms with Crippen LogP contribution < -0.4 is 14.8 Å². The summed E-state index contributed by atoms with van der Waals surface area (Å²) >= 11 is 0. The Bertz CT molecular complexity index is 965. The van der Waals surface area contributed by atoms with E-state index < -0.39 is 10.0 Å². The largest absolute Gasteiger partial charge is 0.497 e. The van der Waals surface area contributed by atoms with Gasteiger partial charge in [-0.2, -0.15) is 0 Å². The van der Waals surface area contributed by atoms with Crippen molar-refractivity contribution < 1.29 is 13.2 Å². The third-order valence-electron chi connectivity index (χ3n) is 3.85. The van der Waals surface area contributed by atoms with E-state index in [1.807, 2.05) is 43.3 Å². The van der Waals surface area contributed by atoms with E-state index in [0.29, 0.717) is 5.69 Å². The van der Waals surface area contributed by atoms with Gasteiger partial charge >= 0.3 is 0 Å². The van der Waals surface area contributed by atoms with Gasteiger partial charge in [0.25, 0.3) is 10.0 Å². The molecule has 5 nitrogen and oxygen atoms in total. The van der Waals surface area contributed by atoms with Crippen LogP contribution in [0.5, 0.6) is 5.75 Å². The second-order valence-corrected chi connectivity index (χ2v) is 7.53. The Morgan fingerprint density at radius 1 is 0.731 bits per heavy atom. The minimum Gasteiger partial charge on any atom is -0.497 e. The number of sulfonamides is 1. The molecule has 0 radical (unpaired) electrons. The normalized spacial score (nSPS) is 11.0. The van der Waals surface area contributed by atoms with E-state index in [4.69, 9.17) is 4.74 Å². The van der Waals surface area contributed by atoms with Crippen LogP contribution in [0.25, 0.3) is 0 Å². The van der Waals surface area contributed by atoms with Crippen LogP contribution in [0.1, 0.15) is 5.56 Å². The number of rotatable bonds is 6. The van der Waals surface area contributed by atoms with Crippen LogP contribution in [-0.4, -0.2) is 15.5 Å². The van der Waals surface area contributed by atoms with Gasteiger partial charge in [0.1, 0.15) is 5.75 Å². The Balaban J connectivity index is 1.69. The quantitative estimate of drug-likeness (QED) is 0.670. The highest BCUT2D eigenvalue weighted by Gasteiger charge is 2.13. The number of benzene rings is 3. The molecule has 2 N–H and O–H groups in total. The third kappa shape index (κ3) is 4.34. The zero-order chi connectivity index (χ0) is 18.6. The van der Waals surface area contributed by atoms with Crippen LogP contribution in [-0.2, 0) is 10.0 Å². The van der Waals surface area contributed by atoms with Crippen molar-refractivity contribution in [1.29, 1.82) is 0 Å². The second-order valence-electron chi connectivity index (χ2n) is 5.85. The molecule has 0 aliphatic heterocycles. The number of ether oxygens (including phenoxy) is 1. The van der Waals surface area contributed by atoms with Gasteiger partial charge in [-0.25, -0.2) is 8.42 Å². The summed E-state index contributed by atoms with van der Waals surface area (Å²) in [7, 11) is -1.97. The van der Waals surface area contributed by atoms with Gasteiger partial charge < -0.3 is 10.1 Å². The van der Waals surface area contributed by atoms with Crippen molar-refractivity contribution in [2.24, 2.45) is 0 Å². The Morgan fingerprint density at radius 2 is 1.23 bits per heavy atom. The molecule has 134 valence electrons. The molecule has 0 aromatic heterocycles. The van der Waals surface area contributed by atoms with Crippen LogP contribution in [0.2, 0.25) is 0 Å². The summed E-state index contributed by atoms with van der Waals surface area (Å²) in [6, 6.07) is 21.4. The molecular weight excluding hydrogens is 348 g/mol. The van der Waals surface area contributed by atoms with Crippen molar-refractivity contribution >= 4 is 27.1 Å². The lowest BCUT2D eigenvalue weighted by atomic mass is 10.2. The number of hydrogen-bond donors (Lipinski definition) is 2. The lowest BCUT2D eigenvalue weighted by Gasteiger charge is -2.10.